The first-order valence-corrected chi connectivity index (χ1v) is 5.39. The van der Waals surface area contributed by atoms with Gasteiger partial charge in [0.05, 0.1) is 25.4 Å². The molecule has 82 valence electrons. The number of ether oxygens (including phenoxy) is 2. The summed E-state index contributed by atoms with van der Waals surface area (Å²) in [6.07, 6.45) is 1.88. The highest BCUT2D eigenvalue weighted by molar-refractivity contribution is 4.90. The number of fused-ring (bicyclic) bond motifs is 2. The molecule has 0 spiro atoms. The number of morpholine rings is 1. The number of hydrogen-bond acceptors (Lipinski definition) is 3. The Bertz CT molecular complexity index is 256. The van der Waals surface area contributed by atoms with Gasteiger partial charge in [-0.25, -0.2) is 0 Å². The van der Waals surface area contributed by atoms with E-state index >= 15 is 0 Å². The van der Waals surface area contributed by atoms with Gasteiger partial charge in [-0.2, -0.15) is 0 Å². The third kappa shape index (κ3) is 2.10. The second-order valence-electron chi connectivity index (χ2n) is 4.53. The maximum Gasteiger partial charge on any atom is 0.0623 e. The highest BCUT2D eigenvalue weighted by Crippen LogP contribution is 2.28. The first-order valence-electron chi connectivity index (χ1n) is 6.89. The summed E-state index contributed by atoms with van der Waals surface area (Å²) in [5.41, 5.74) is 0. The number of piperidine rings is 1. The van der Waals surface area contributed by atoms with Gasteiger partial charge in [0.25, 0.3) is 0 Å². The third-order valence-electron chi connectivity index (χ3n) is 2.94. The van der Waals surface area contributed by atoms with Crippen LogP contribution in [0.5, 0.6) is 0 Å². The smallest absolute Gasteiger partial charge is 0.0623 e. The number of hydrogen-bond donors (Lipinski definition) is 0. The Kier molecular flexibility index (Phi) is 2.15. The number of nitrogens with zero attached hydrogens (tertiary/aromatic N) is 1. The molecule has 3 heteroatoms. The molecule has 2 saturated heterocycles. The molecular formula is C11H21NO2. The molecule has 2 bridgehead atoms. The summed E-state index contributed by atoms with van der Waals surface area (Å²) in [4.78, 5) is 1.65. The zero-order chi connectivity index (χ0) is 12.6. The van der Waals surface area contributed by atoms with Crippen LogP contribution in [-0.4, -0.2) is 49.4 Å². The molecule has 3 nitrogen and oxygen atoms in total. The minimum atomic E-state index is -2.01. The summed E-state index contributed by atoms with van der Waals surface area (Å²) in [5, 5.41) is 0. The fraction of sp³-hybridized carbons (Fsp3) is 1.00. The molecule has 2 unspecified atom stereocenters. The lowest BCUT2D eigenvalue weighted by atomic mass is 9.92. The van der Waals surface area contributed by atoms with Crippen molar-refractivity contribution in [1.82, 2.24) is 4.90 Å². The molecule has 0 N–H and O–H groups in total. The van der Waals surface area contributed by atoms with Crippen LogP contribution in [0.15, 0.2) is 0 Å². The van der Waals surface area contributed by atoms with Crippen molar-refractivity contribution >= 4 is 0 Å². The van der Waals surface area contributed by atoms with Crippen LogP contribution < -0.4 is 0 Å². The molecule has 0 aromatic heterocycles. The van der Waals surface area contributed by atoms with Gasteiger partial charge in [0, 0.05) is 16.2 Å². The average molecular weight is 202 g/mol. The molecule has 2 atom stereocenters. The molecule has 0 saturated carbocycles. The summed E-state index contributed by atoms with van der Waals surface area (Å²) < 4.78 is 34.1. The van der Waals surface area contributed by atoms with Gasteiger partial charge < -0.3 is 9.47 Å². The van der Waals surface area contributed by atoms with Gasteiger partial charge in [-0.3, -0.25) is 4.90 Å². The fourth-order valence-electron chi connectivity index (χ4n) is 2.36. The summed E-state index contributed by atoms with van der Waals surface area (Å²) in [7, 11) is 0. The standard InChI is InChI=1S/C11H21NO2/c1-8(2)14-11-4-9-6-13-7-10(5-11)12(9)3/h8-11H,4-7H2,1-3H3/i3D3. The van der Waals surface area contributed by atoms with Crippen molar-refractivity contribution in [1.29, 1.82) is 0 Å². The maximum atomic E-state index is 7.59. The largest absolute Gasteiger partial charge is 0.378 e. The maximum absolute atomic E-state index is 7.59. The van der Waals surface area contributed by atoms with Crippen LogP contribution in [0.1, 0.15) is 30.8 Å². The van der Waals surface area contributed by atoms with Crippen LogP contribution in [0.3, 0.4) is 0 Å². The van der Waals surface area contributed by atoms with Crippen LogP contribution in [0.4, 0.5) is 0 Å². The third-order valence-corrected chi connectivity index (χ3v) is 2.94. The zero-order valence-corrected chi connectivity index (χ0v) is 8.90. The van der Waals surface area contributed by atoms with Gasteiger partial charge in [-0.1, -0.05) is 0 Å². The summed E-state index contributed by atoms with van der Waals surface area (Å²) in [5.74, 6) is 0. The van der Waals surface area contributed by atoms with E-state index in [2.05, 4.69) is 0 Å². The van der Waals surface area contributed by atoms with Crippen molar-refractivity contribution < 1.29 is 13.6 Å². The predicted molar refractivity (Wildman–Crippen MR) is 55.4 cm³/mol. The van der Waals surface area contributed by atoms with Crippen LogP contribution in [0.25, 0.3) is 0 Å². The molecule has 0 aliphatic carbocycles. The van der Waals surface area contributed by atoms with E-state index in [1.807, 2.05) is 13.8 Å². The second kappa shape index (κ2) is 4.17. The minimum absolute atomic E-state index is 0.0289. The van der Waals surface area contributed by atoms with E-state index in [0.29, 0.717) is 13.2 Å². The van der Waals surface area contributed by atoms with Crippen molar-refractivity contribution in [2.75, 3.05) is 20.2 Å². The van der Waals surface area contributed by atoms with Gasteiger partial charge in [-0.05, 0) is 33.7 Å². The van der Waals surface area contributed by atoms with E-state index in [0.717, 1.165) is 12.8 Å². The van der Waals surface area contributed by atoms with Crippen molar-refractivity contribution in [3.63, 3.8) is 0 Å². The first kappa shape index (κ1) is 7.20. The summed E-state index contributed by atoms with van der Waals surface area (Å²) >= 11 is 0. The molecule has 2 fully saturated rings. The van der Waals surface area contributed by atoms with E-state index in [-0.39, 0.29) is 24.3 Å². The van der Waals surface area contributed by atoms with Crippen molar-refractivity contribution in [3.8, 4) is 0 Å². The monoisotopic (exact) mass is 202 g/mol. The Hall–Kier alpha value is -0.120. The fourth-order valence-corrected chi connectivity index (χ4v) is 2.36. The lowest BCUT2D eigenvalue weighted by molar-refractivity contribution is -0.120. The normalized spacial score (nSPS) is 43.1. The van der Waals surface area contributed by atoms with Crippen molar-refractivity contribution in [2.24, 2.45) is 0 Å². The minimum Gasteiger partial charge on any atom is -0.378 e. The highest BCUT2D eigenvalue weighted by Gasteiger charge is 2.37. The van der Waals surface area contributed by atoms with E-state index in [1.165, 1.54) is 0 Å². The Morgan fingerprint density at radius 2 is 2.00 bits per heavy atom. The number of likely N-dealkylation sites (N-methyl/N-ethyl adjacent to an activating group) is 1. The van der Waals surface area contributed by atoms with E-state index in [4.69, 9.17) is 13.6 Å². The molecule has 2 aliphatic heterocycles. The molecule has 0 amide bonds. The molecule has 14 heavy (non-hydrogen) atoms. The number of rotatable bonds is 2. The molecular weight excluding hydrogens is 178 g/mol. The summed E-state index contributed by atoms with van der Waals surface area (Å²) in [6.45, 7) is 3.03. The van der Waals surface area contributed by atoms with Gasteiger partial charge in [0.1, 0.15) is 0 Å². The van der Waals surface area contributed by atoms with Gasteiger partial charge in [0.2, 0.25) is 0 Å². The van der Waals surface area contributed by atoms with Crippen molar-refractivity contribution in [3.05, 3.63) is 0 Å². The predicted octanol–water partition coefficient (Wildman–Crippen LogP) is 1.27. The van der Waals surface area contributed by atoms with E-state index < -0.39 is 6.98 Å². The first-order chi connectivity index (χ1) is 7.88. The second-order valence-corrected chi connectivity index (χ2v) is 4.53. The summed E-state index contributed by atoms with van der Waals surface area (Å²) in [6, 6.07) is -0.0579. The molecule has 2 heterocycles. The highest BCUT2D eigenvalue weighted by atomic mass is 16.5. The Labute approximate surface area is 90.6 Å². The average Bonchev–Trinajstić information content (AvgIpc) is 2.13. The zero-order valence-electron chi connectivity index (χ0n) is 11.9. The van der Waals surface area contributed by atoms with Crippen molar-refractivity contribution in [2.45, 2.75) is 51.0 Å². The SMILES string of the molecule is [2H]C([2H])([2H])N1C2COCC1CC(OC(C)C)C2. The van der Waals surface area contributed by atoms with Gasteiger partial charge in [0.15, 0.2) is 0 Å². The van der Waals surface area contributed by atoms with Crippen LogP contribution in [0.2, 0.25) is 0 Å². The van der Waals surface area contributed by atoms with E-state index in [9.17, 15) is 0 Å². The van der Waals surface area contributed by atoms with E-state index in [1.54, 1.807) is 4.90 Å². The molecule has 0 aromatic rings. The molecule has 2 aliphatic rings. The van der Waals surface area contributed by atoms with Crippen LogP contribution in [0, 0.1) is 0 Å². The Balaban J connectivity index is 2.06. The Morgan fingerprint density at radius 3 is 2.50 bits per heavy atom. The molecule has 0 radical (unpaired) electrons. The Morgan fingerprint density at radius 1 is 1.36 bits per heavy atom. The van der Waals surface area contributed by atoms with Gasteiger partial charge in [-0.15, -0.1) is 0 Å². The molecule has 0 aromatic carbocycles. The topological polar surface area (TPSA) is 21.7 Å². The lowest BCUT2D eigenvalue weighted by Gasteiger charge is -2.46. The molecule has 2 rings (SSSR count). The quantitative estimate of drug-likeness (QED) is 0.673. The lowest BCUT2D eigenvalue weighted by Crippen LogP contribution is -2.56. The van der Waals surface area contributed by atoms with Crippen LogP contribution in [-0.2, 0) is 9.47 Å². The van der Waals surface area contributed by atoms with Crippen LogP contribution >= 0.6 is 0 Å². The van der Waals surface area contributed by atoms with Gasteiger partial charge >= 0.3 is 0 Å².